The zero-order valence-corrected chi connectivity index (χ0v) is 20.1. The zero-order valence-electron chi connectivity index (χ0n) is 20.1. The second kappa shape index (κ2) is 14.4. The van der Waals surface area contributed by atoms with E-state index in [0.29, 0.717) is 6.42 Å². The molecule has 0 aliphatic rings. The lowest BCUT2D eigenvalue weighted by molar-refractivity contribution is -0.144. The third-order valence-electron chi connectivity index (χ3n) is 5.46. The highest BCUT2D eigenvalue weighted by Crippen LogP contribution is 2.09. The number of primary amides is 1. The van der Waals surface area contributed by atoms with Crippen molar-refractivity contribution in [3.8, 4) is 0 Å². The van der Waals surface area contributed by atoms with Gasteiger partial charge in [0.05, 0.1) is 18.9 Å². The molecule has 0 aliphatic heterocycles. The highest BCUT2D eigenvalue weighted by atomic mass is 16.4. The van der Waals surface area contributed by atoms with Crippen molar-refractivity contribution in [2.75, 3.05) is 0 Å². The fourth-order valence-electron chi connectivity index (χ4n) is 3.24. The van der Waals surface area contributed by atoms with Crippen molar-refractivity contribution in [2.24, 2.45) is 17.4 Å². The number of carbonyl (C=O) groups is 6. The predicted octanol–water partition coefficient (Wildman–Crippen LogP) is -1.51. The molecule has 13 nitrogen and oxygen atoms in total. The van der Waals surface area contributed by atoms with Gasteiger partial charge in [-0.1, -0.05) is 50.6 Å². The number of hydrogen-bond acceptors (Lipinski definition) is 7. The molecular formula is C23H33N5O8. The Bertz CT molecular complexity index is 955. The van der Waals surface area contributed by atoms with Crippen LogP contribution in [-0.4, -0.2) is 69.9 Å². The van der Waals surface area contributed by atoms with Gasteiger partial charge in [0.15, 0.2) is 0 Å². The fraction of sp³-hybridized carbons (Fsp3) is 0.478. The fourth-order valence-corrected chi connectivity index (χ4v) is 3.24. The van der Waals surface area contributed by atoms with Gasteiger partial charge in [-0.2, -0.15) is 0 Å². The molecule has 0 spiro atoms. The molecule has 1 aromatic rings. The lowest BCUT2D eigenvalue weighted by Crippen LogP contribution is -2.58. The van der Waals surface area contributed by atoms with Crippen LogP contribution in [0.3, 0.4) is 0 Å². The Balaban J connectivity index is 3.00. The first-order valence-corrected chi connectivity index (χ1v) is 11.3. The van der Waals surface area contributed by atoms with Crippen LogP contribution in [0.1, 0.15) is 38.7 Å². The molecule has 0 radical (unpaired) electrons. The van der Waals surface area contributed by atoms with E-state index in [0.717, 1.165) is 5.56 Å². The maximum Gasteiger partial charge on any atom is 0.326 e. The molecule has 1 aromatic carbocycles. The van der Waals surface area contributed by atoms with Crippen LogP contribution >= 0.6 is 0 Å². The number of amides is 4. The Morgan fingerprint density at radius 3 is 1.89 bits per heavy atom. The normalized spacial score (nSPS) is 14.9. The summed E-state index contributed by atoms with van der Waals surface area (Å²) in [4.78, 5) is 72.4. The third-order valence-corrected chi connectivity index (χ3v) is 5.46. The molecule has 0 aliphatic carbocycles. The summed E-state index contributed by atoms with van der Waals surface area (Å²) in [5.74, 6) is -7.09. The van der Waals surface area contributed by atoms with E-state index in [4.69, 9.17) is 11.5 Å². The highest BCUT2D eigenvalue weighted by Gasteiger charge is 2.33. The predicted molar refractivity (Wildman–Crippen MR) is 127 cm³/mol. The molecule has 4 amide bonds. The summed E-state index contributed by atoms with van der Waals surface area (Å²) >= 11 is 0. The summed E-state index contributed by atoms with van der Waals surface area (Å²) in [7, 11) is 0. The van der Waals surface area contributed by atoms with Crippen LogP contribution in [0.4, 0.5) is 0 Å². The van der Waals surface area contributed by atoms with Gasteiger partial charge < -0.3 is 37.6 Å². The summed E-state index contributed by atoms with van der Waals surface area (Å²) in [5.41, 5.74) is 11.8. The molecule has 0 saturated heterocycles. The number of benzene rings is 1. The third kappa shape index (κ3) is 10.1. The van der Waals surface area contributed by atoms with E-state index in [2.05, 4.69) is 16.0 Å². The first kappa shape index (κ1) is 30.0. The van der Waals surface area contributed by atoms with Gasteiger partial charge in [0.1, 0.15) is 18.1 Å². The minimum Gasteiger partial charge on any atom is -0.481 e. The van der Waals surface area contributed by atoms with Crippen molar-refractivity contribution in [1.82, 2.24) is 16.0 Å². The Morgan fingerprint density at radius 1 is 0.861 bits per heavy atom. The number of carboxylic acid groups (broad SMARTS) is 2. The summed E-state index contributed by atoms with van der Waals surface area (Å²) in [6.07, 6.45) is -0.996. The average Bonchev–Trinajstić information content (AvgIpc) is 2.80. The van der Waals surface area contributed by atoms with Crippen molar-refractivity contribution < 1.29 is 39.0 Å². The molecule has 0 heterocycles. The van der Waals surface area contributed by atoms with Crippen molar-refractivity contribution in [2.45, 2.75) is 63.7 Å². The second-order valence-electron chi connectivity index (χ2n) is 8.40. The molecule has 36 heavy (non-hydrogen) atoms. The van der Waals surface area contributed by atoms with E-state index >= 15 is 0 Å². The topological polar surface area (TPSA) is 231 Å². The number of carbonyl (C=O) groups excluding carboxylic acids is 4. The minimum atomic E-state index is -1.63. The van der Waals surface area contributed by atoms with Gasteiger partial charge in [-0.3, -0.25) is 24.0 Å². The van der Waals surface area contributed by atoms with Crippen LogP contribution in [0.15, 0.2) is 30.3 Å². The maximum atomic E-state index is 12.8. The molecule has 0 fully saturated rings. The minimum absolute atomic E-state index is 0.118. The van der Waals surface area contributed by atoms with Gasteiger partial charge in [0.25, 0.3) is 0 Å². The Labute approximate surface area is 208 Å². The summed E-state index contributed by atoms with van der Waals surface area (Å²) in [6, 6.07) is 3.12. The van der Waals surface area contributed by atoms with Gasteiger partial charge >= 0.3 is 11.9 Å². The molecule has 5 unspecified atom stereocenters. The van der Waals surface area contributed by atoms with E-state index in [1.807, 2.05) is 0 Å². The van der Waals surface area contributed by atoms with E-state index < -0.39 is 78.5 Å². The first-order valence-electron chi connectivity index (χ1n) is 11.3. The SMILES string of the molecule is CCC(C)C(NC(=O)C(CC(N)=O)NC(=O)C(CC(=O)O)NC(=O)C(N)Cc1ccccc1)C(=O)O. The molecule has 0 saturated carbocycles. The Kier molecular flexibility index (Phi) is 12.0. The van der Waals surface area contributed by atoms with Gasteiger partial charge in [-0.25, -0.2) is 4.79 Å². The Morgan fingerprint density at radius 2 is 1.39 bits per heavy atom. The number of rotatable bonds is 15. The summed E-state index contributed by atoms with van der Waals surface area (Å²) < 4.78 is 0. The van der Waals surface area contributed by atoms with E-state index in [9.17, 15) is 39.0 Å². The summed E-state index contributed by atoms with van der Waals surface area (Å²) in [6.45, 7) is 3.31. The van der Waals surface area contributed by atoms with Crippen LogP contribution in [0.5, 0.6) is 0 Å². The van der Waals surface area contributed by atoms with Crippen LogP contribution in [-0.2, 0) is 35.2 Å². The maximum absolute atomic E-state index is 12.8. The standard InChI is InChI=1S/C23H33N5O8/c1-3-12(2)19(23(35)36)28-22(34)15(10-17(25)29)27-21(33)16(11-18(30)31)26-20(32)14(24)9-13-7-5-4-6-8-13/h4-8,12,14-16,19H,3,9-11,24H2,1-2H3,(H2,25,29)(H,26,32)(H,27,33)(H,28,34)(H,30,31)(H,35,36). The monoisotopic (exact) mass is 507 g/mol. The number of hydrogen-bond donors (Lipinski definition) is 7. The molecule has 198 valence electrons. The van der Waals surface area contributed by atoms with Crippen LogP contribution in [0, 0.1) is 5.92 Å². The van der Waals surface area contributed by atoms with Crippen LogP contribution < -0.4 is 27.4 Å². The van der Waals surface area contributed by atoms with Gasteiger partial charge in [0.2, 0.25) is 23.6 Å². The molecule has 0 aromatic heterocycles. The molecular weight excluding hydrogens is 474 g/mol. The quantitative estimate of drug-likeness (QED) is 0.146. The van der Waals surface area contributed by atoms with E-state index in [1.54, 1.807) is 44.2 Å². The van der Waals surface area contributed by atoms with Crippen LogP contribution in [0.25, 0.3) is 0 Å². The van der Waals surface area contributed by atoms with E-state index in [-0.39, 0.29) is 6.42 Å². The van der Waals surface area contributed by atoms with Crippen LogP contribution in [0.2, 0.25) is 0 Å². The van der Waals surface area contributed by atoms with Crippen molar-refractivity contribution in [3.63, 3.8) is 0 Å². The van der Waals surface area contributed by atoms with E-state index in [1.165, 1.54) is 0 Å². The van der Waals surface area contributed by atoms with Crippen molar-refractivity contribution in [3.05, 3.63) is 35.9 Å². The highest BCUT2D eigenvalue weighted by molar-refractivity contribution is 5.97. The lowest BCUT2D eigenvalue weighted by atomic mass is 9.98. The number of nitrogens with one attached hydrogen (secondary N) is 3. The lowest BCUT2D eigenvalue weighted by Gasteiger charge is -2.25. The number of nitrogens with two attached hydrogens (primary N) is 2. The molecule has 0 bridgehead atoms. The first-order chi connectivity index (χ1) is 16.8. The zero-order chi connectivity index (χ0) is 27.4. The largest absolute Gasteiger partial charge is 0.481 e. The molecule has 9 N–H and O–H groups in total. The molecule has 1 rings (SSSR count). The molecule has 5 atom stereocenters. The Hall–Kier alpha value is -4.00. The summed E-state index contributed by atoms with van der Waals surface area (Å²) in [5, 5.41) is 25.3. The number of aliphatic carboxylic acids is 2. The number of carboxylic acids is 2. The van der Waals surface area contributed by atoms with Gasteiger partial charge in [-0.15, -0.1) is 0 Å². The second-order valence-corrected chi connectivity index (χ2v) is 8.40. The molecule has 13 heteroatoms. The average molecular weight is 508 g/mol. The van der Waals surface area contributed by atoms with Gasteiger partial charge in [-0.05, 0) is 17.9 Å². The van der Waals surface area contributed by atoms with Crippen molar-refractivity contribution >= 4 is 35.6 Å². The smallest absolute Gasteiger partial charge is 0.326 e. The van der Waals surface area contributed by atoms with Crippen molar-refractivity contribution in [1.29, 1.82) is 0 Å². The van der Waals surface area contributed by atoms with Gasteiger partial charge in [0, 0.05) is 0 Å².